The molecule has 3 N–H and O–H groups in total. The summed E-state index contributed by atoms with van der Waals surface area (Å²) in [7, 11) is 0. The van der Waals surface area contributed by atoms with E-state index in [0.717, 1.165) is 24.7 Å². The van der Waals surface area contributed by atoms with Crippen LogP contribution in [0.2, 0.25) is 0 Å². The van der Waals surface area contributed by atoms with Crippen LogP contribution in [0.4, 0.5) is 5.69 Å². The number of hydrogen-bond donors (Lipinski definition) is 2. The number of benzene rings is 1. The van der Waals surface area contributed by atoms with Crippen LogP contribution in [0.1, 0.15) is 30.9 Å². The highest BCUT2D eigenvalue weighted by Crippen LogP contribution is 2.15. The van der Waals surface area contributed by atoms with Crippen molar-refractivity contribution < 1.29 is 0 Å². The van der Waals surface area contributed by atoms with Gasteiger partial charge in [0.05, 0.1) is 6.54 Å². The Kier molecular flexibility index (Phi) is 8.17. The molecule has 0 aliphatic carbocycles. The maximum atomic E-state index is 5.95. The summed E-state index contributed by atoms with van der Waals surface area (Å²) in [4.78, 5) is 6.91. The average Bonchev–Trinajstić information content (AvgIpc) is 2.45. The molecule has 0 amide bonds. The molecule has 0 atom stereocenters. The van der Waals surface area contributed by atoms with Gasteiger partial charge in [0, 0.05) is 12.2 Å². The van der Waals surface area contributed by atoms with E-state index in [1.807, 2.05) is 6.07 Å². The number of aryl methyl sites for hydroxylation is 2. The van der Waals surface area contributed by atoms with Crippen LogP contribution >= 0.6 is 24.0 Å². The second kappa shape index (κ2) is 9.35. The van der Waals surface area contributed by atoms with Crippen molar-refractivity contribution >= 4 is 35.6 Å². The van der Waals surface area contributed by atoms with E-state index in [2.05, 4.69) is 48.1 Å². The quantitative estimate of drug-likeness (QED) is 0.450. The van der Waals surface area contributed by atoms with Crippen molar-refractivity contribution in [2.45, 2.75) is 33.6 Å². The van der Waals surface area contributed by atoms with Crippen molar-refractivity contribution in [3.8, 4) is 0 Å². The Hall–Kier alpha value is -0.820. The maximum absolute atomic E-state index is 5.95. The molecule has 124 valence electrons. The van der Waals surface area contributed by atoms with Gasteiger partial charge < -0.3 is 16.0 Å². The first-order valence-corrected chi connectivity index (χ1v) is 7.91. The zero-order valence-electron chi connectivity index (χ0n) is 13.9. The number of aliphatic imine (C=N–C) groups is 1. The first-order chi connectivity index (χ1) is 10.0. The lowest BCUT2D eigenvalue weighted by atomic mass is 9.99. The maximum Gasteiger partial charge on any atom is 0.193 e. The van der Waals surface area contributed by atoms with E-state index in [0.29, 0.717) is 5.96 Å². The van der Waals surface area contributed by atoms with Gasteiger partial charge in [-0.05, 0) is 69.0 Å². The van der Waals surface area contributed by atoms with E-state index < -0.39 is 0 Å². The fourth-order valence-electron chi connectivity index (χ4n) is 2.60. The fraction of sp³-hybridized carbons (Fsp3) is 0.588. The van der Waals surface area contributed by atoms with Crippen molar-refractivity contribution in [1.29, 1.82) is 0 Å². The number of anilines is 1. The Morgan fingerprint density at radius 1 is 1.27 bits per heavy atom. The lowest BCUT2D eigenvalue weighted by Gasteiger charge is -2.29. The lowest BCUT2D eigenvalue weighted by molar-refractivity contribution is 0.197. The molecular formula is C17H29IN4. The van der Waals surface area contributed by atoms with Crippen LogP contribution in [0.25, 0.3) is 0 Å². The van der Waals surface area contributed by atoms with Gasteiger partial charge in [-0.2, -0.15) is 0 Å². The minimum absolute atomic E-state index is 0. The van der Waals surface area contributed by atoms with Gasteiger partial charge in [0.15, 0.2) is 5.96 Å². The Morgan fingerprint density at radius 3 is 2.59 bits per heavy atom. The summed E-state index contributed by atoms with van der Waals surface area (Å²) in [6, 6.07) is 6.24. The highest BCUT2D eigenvalue weighted by atomic mass is 127. The van der Waals surface area contributed by atoms with Gasteiger partial charge in [-0.15, -0.1) is 24.0 Å². The number of nitrogens with one attached hydrogen (secondary N) is 1. The average molecular weight is 416 g/mol. The molecule has 4 nitrogen and oxygen atoms in total. The molecule has 0 aromatic heterocycles. The van der Waals surface area contributed by atoms with E-state index in [1.165, 1.54) is 37.1 Å². The van der Waals surface area contributed by atoms with E-state index in [9.17, 15) is 0 Å². The molecular weight excluding hydrogens is 387 g/mol. The van der Waals surface area contributed by atoms with Gasteiger partial charge >= 0.3 is 0 Å². The van der Waals surface area contributed by atoms with Crippen molar-refractivity contribution in [2.75, 3.05) is 31.5 Å². The molecule has 22 heavy (non-hydrogen) atoms. The second-order valence-electron chi connectivity index (χ2n) is 6.22. The third-order valence-corrected chi connectivity index (χ3v) is 4.35. The van der Waals surface area contributed by atoms with Crippen molar-refractivity contribution in [2.24, 2.45) is 16.6 Å². The SMILES string of the molecule is Cc1ccc(NC(N)=NCCN2CCC(C)CC2)cc1C.I. The smallest absolute Gasteiger partial charge is 0.193 e. The molecule has 0 radical (unpaired) electrons. The van der Waals surface area contributed by atoms with Crippen molar-refractivity contribution in [3.05, 3.63) is 29.3 Å². The molecule has 1 aromatic rings. The van der Waals surface area contributed by atoms with Gasteiger partial charge in [0.1, 0.15) is 0 Å². The molecule has 2 rings (SSSR count). The summed E-state index contributed by atoms with van der Waals surface area (Å²) in [5.41, 5.74) is 9.50. The number of piperidine rings is 1. The highest BCUT2D eigenvalue weighted by molar-refractivity contribution is 14.0. The Labute approximate surface area is 151 Å². The van der Waals surface area contributed by atoms with Crippen LogP contribution in [-0.4, -0.2) is 37.0 Å². The molecule has 0 unspecified atom stereocenters. The summed E-state index contributed by atoms with van der Waals surface area (Å²) in [6.45, 7) is 10.7. The number of hydrogen-bond acceptors (Lipinski definition) is 2. The zero-order valence-corrected chi connectivity index (χ0v) is 16.3. The fourth-order valence-corrected chi connectivity index (χ4v) is 2.60. The minimum atomic E-state index is 0. The molecule has 1 saturated heterocycles. The number of rotatable bonds is 4. The van der Waals surface area contributed by atoms with Crippen molar-refractivity contribution in [3.63, 3.8) is 0 Å². The minimum Gasteiger partial charge on any atom is -0.370 e. The van der Waals surface area contributed by atoms with Crippen LogP contribution in [-0.2, 0) is 0 Å². The third kappa shape index (κ3) is 6.12. The molecule has 0 saturated carbocycles. The van der Waals surface area contributed by atoms with Crippen molar-refractivity contribution in [1.82, 2.24) is 4.90 Å². The second-order valence-corrected chi connectivity index (χ2v) is 6.22. The molecule has 0 spiro atoms. The highest BCUT2D eigenvalue weighted by Gasteiger charge is 2.14. The van der Waals surface area contributed by atoms with Gasteiger partial charge in [-0.25, -0.2) is 0 Å². The molecule has 5 heteroatoms. The Morgan fingerprint density at radius 2 is 1.95 bits per heavy atom. The van der Waals surface area contributed by atoms with Gasteiger partial charge in [0.2, 0.25) is 0 Å². The first-order valence-electron chi connectivity index (χ1n) is 7.91. The number of likely N-dealkylation sites (tertiary alicyclic amines) is 1. The van der Waals surface area contributed by atoms with Crippen LogP contribution in [0.15, 0.2) is 23.2 Å². The van der Waals surface area contributed by atoms with Gasteiger partial charge in [-0.1, -0.05) is 13.0 Å². The number of guanidine groups is 1. The number of halogens is 1. The van der Waals surface area contributed by atoms with E-state index >= 15 is 0 Å². The van der Waals surface area contributed by atoms with Crippen LogP contribution < -0.4 is 11.1 Å². The summed E-state index contributed by atoms with van der Waals surface area (Å²) in [5, 5.41) is 3.16. The predicted octanol–water partition coefficient (Wildman–Crippen LogP) is 3.38. The summed E-state index contributed by atoms with van der Waals surface area (Å²) >= 11 is 0. The lowest BCUT2D eigenvalue weighted by Crippen LogP contribution is -2.35. The monoisotopic (exact) mass is 416 g/mol. The van der Waals surface area contributed by atoms with E-state index in [4.69, 9.17) is 5.73 Å². The zero-order chi connectivity index (χ0) is 15.2. The predicted molar refractivity (Wildman–Crippen MR) is 106 cm³/mol. The Balaban J connectivity index is 0.00000242. The molecule has 0 bridgehead atoms. The van der Waals surface area contributed by atoms with E-state index in [-0.39, 0.29) is 24.0 Å². The molecule has 1 aliphatic rings. The molecule has 1 aromatic carbocycles. The molecule has 1 heterocycles. The van der Waals surface area contributed by atoms with Gasteiger partial charge in [-0.3, -0.25) is 4.99 Å². The van der Waals surface area contributed by atoms with Gasteiger partial charge in [0.25, 0.3) is 0 Å². The summed E-state index contributed by atoms with van der Waals surface area (Å²) in [5.74, 6) is 1.38. The summed E-state index contributed by atoms with van der Waals surface area (Å²) in [6.07, 6.45) is 2.61. The third-order valence-electron chi connectivity index (χ3n) is 4.35. The van der Waals surface area contributed by atoms with Crippen LogP contribution in [0.5, 0.6) is 0 Å². The molecule has 1 aliphatic heterocycles. The topological polar surface area (TPSA) is 53.6 Å². The van der Waals surface area contributed by atoms with Crippen LogP contribution in [0.3, 0.4) is 0 Å². The Bertz CT molecular complexity index is 493. The number of nitrogens with zero attached hydrogens (tertiary/aromatic N) is 2. The van der Waals surface area contributed by atoms with Crippen LogP contribution in [0, 0.1) is 19.8 Å². The standard InChI is InChI=1S/C17H28N4.HI/c1-13-6-9-21(10-7-13)11-8-19-17(18)20-16-5-4-14(2)15(3)12-16;/h4-5,12-13H,6-11H2,1-3H3,(H3,18,19,20);1H. The first kappa shape index (κ1) is 19.2. The molecule has 1 fully saturated rings. The number of nitrogens with two attached hydrogens (primary N) is 1. The normalized spacial score (nSPS) is 17.1. The van der Waals surface area contributed by atoms with E-state index in [1.54, 1.807) is 0 Å². The largest absolute Gasteiger partial charge is 0.370 e. The summed E-state index contributed by atoms with van der Waals surface area (Å²) < 4.78 is 0.